The Kier molecular flexibility index (Phi) is 11.6. The highest BCUT2D eigenvalue weighted by atomic mass is 32.3. The van der Waals surface area contributed by atoms with Crippen LogP contribution in [-0.4, -0.2) is 72.7 Å². The number of carbonyl (C=O) groups is 1. The van der Waals surface area contributed by atoms with Gasteiger partial charge in [0.15, 0.2) is 17.0 Å². The Morgan fingerprint density at radius 1 is 0.674 bits per heavy atom. The number of hydrogen-bond acceptors (Lipinski definition) is 4. The van der Waals surface area contributed by atoms with Crippen LogP contribution >= 0.6 is 0 Å². The fourth-order valence-corrected chi connectivity index (χ4v) is 7.43. The Labute approximate surface area is 235 Å². The van der Waals surface area contributed by atoms with Crippen molar-refractivity contribution in [3.8, 4) is 0 Å². The smallest absolute Gasteiger partial charge is 0.294 e. The average molecular weight is 713 g/mol. The molecule has 256 valence electrons. The molecule has 23 heteroatoms. The summed E-state index contributed by atoms with van der Waals surface area (Å²) in [5.41, 5.74) is 0. The summed E-state index contributed by atoms with van der Waals surface area (Å²) in [5, 5.41) is -7.75. The molecule has 0 aromatic heterocycles. The Morgan fingerprint density at radius 3 is 1.47 bits per heavy atom. The van der Waals surface area contributed by atoms with Crippen molar-refractivity contribution in [1.29, 1.82) is 0 Å². The highest BCUT2D eigenvalue weighted by Gasteiger charge is 2.96. The van der Waals surface area contributed by atoms with Crippen molar-refractivity contribution < 1.29 is 91.5 Å². The van der Waals surface area contributed by atoms with Crippen LogP contribution in [-0.2, 0) is 29.7 Å². The molecule has 0 aromatic carbocycles. The molecule has 0 aliphatic heterocycles. The van der Waals surface area contributed by atoms with Gasteiger partial charge >= 0.3 is 57.1 Å². The van der Waals surface area contributed by atoms with E-state index in [4.69, 9.17) is 0 Å². The molecule has 0 bridgehead atoms. The maximum absolute atomic E-state index is 14.4. The number of carbonyl (C=O) groups excluding carboxylic acids is 1. The predicted molar refractivity (Wildman–Crippen MR) is 114 cm³/mol. The van der Waals surface area contributed by atoms with Crippen molar-refractivity contribution >= 4 is 27.1 Å². The van der Waals surface area contributed by atoms with E-state index in [1.807, 2.05) is 0 Å². The number of ketones is 1. The topological polar surface area (TPSA) is 60.4 Å². The lowest BCUT2D eigenvalue weighted by Crippen LogP contribution is -2.75. The van der Waals surface area contributed by atoms with Gasteiger partial charge in [0.1, 0.15) is 5.75 Å². The molecule has 1 aliphatic rings. The quantitative estimate of drug-likeness (QED) is 0.129. The van der Waals surface area contributed by atoms with Gasteiger partial charge in [-0.25, -0.2) is 0 Å². The maximum Gasteiger partial charge on any atom is 0.460 e. The van der Waals surface area contributed by atoms with Crippen molar-refractivity contribution in [2.75, 3.05) is 11.5 Å². The minimum atomic E-state index is -8.92. The third-order valence-electron chi connectivity index (χ3n) is 6.19. The van der Waals surface area contributed by atoms with Gasteiger partial charge < -0.3 is 0 Å². The van der Waals surface area contributed by atoms with Gasteiger partial charge in [0.2, 0.25) is 5.75 Å². The summed E-state index contributed by atoms with van der Waals surface area (Å²) in [7, 11) is -7.70. The molecule has 4 nitrogen and oxygen atoms in total. The van der Waals surface area contributed by atoms with Crippen LogP contribution in [0.1, 0.15) is 51.9 Å². The van der Waals surface area contributed by atoms with Crippen LogP contribution in [0.15, 0.2) is 0 Å². The average Bonchev–Trinajstić information content (AvgIpc) is 2.82. The molecule has 1 saturated carbocycles. The molecule has 0 radical (unpaired) electrons. The zero-order valence-electron chi connectivity index (χ0n) is 21.3. The predicted octanol–water partition coefficient (Wildman–Crippen LogP) is 7.78. The number of hydrogen-bond donors (Lipinski definition) is 0. The Bertz CT molecular complexity index is 1080. The zero-order valence-corrected chi connectivity index (χ0v) is 22.9. The second-order valence-electron chi connectivity index (χ2n) is 9.53. The summed E-state index contributed by atoms with van der Waals surface area (Å²) in [6.07, 6.45) is -6.13. The monoisotopic (exact) mass is 713 g/mol. The van der Waals surface area contributed by atoms with Crippen LogP contribution in [0, 0.1) is 5.92 Å². The Morgan fingerprint density at radius 2 is 1.07 bits per heavy atom. The lowest BCUT2D eigenvalue weighted by Gasteiger charge is -2.42. The lowest BCUT2D eigenvalue weighted by molar-refractivity contribution is -0.458. The van der Waals surface area contributed by atoms with Crippen LogP contribution in [0.2, 0.25) is 0 Å². The van der Waals surface area contributed by atoms with Crippen LogP contribution in [0.3, 0.4) is 0 Å². The van der Waals surface area contributed by atoms with Gasteiger partial charge in [-0.05, 0) is 22.9 Å². The molecular weight excluding hydrogens is 691 g/mol. The van der Waals surface area contributed by atoms with Crippen molar-refractivity contribution in [2.24, 2.45) is 5.92 Å². The minimum Gasteiger partial charge on any atom is -0.294 e. The van der Waals surface area contributed by atoms with Crippen molar-refractivity contribution in [1.82, 2.24) is 0 Å². The zero-order chi connectivity index (χ0) is 34.3. The van der Waals surface area contributed by atoms with Gasteiger partial charge in [0, 0.05) is 12.3 Å². The second kappa shape index (κ2) is 12.5. The van der Waals surface area contributed by atoms with E-state index in [9.17, 15) is 87.8 Å². The normalized spacial score (nSPS) is 18.6. The Hall–Kier alpha value is -1.26. The van der Waals surface area contributed by atoms with Crippen LogP contribution in [0.5, 0.6) is 0 Å². The standard InChI is InChI=1S/C20H22F17O4S2/c1-2-6-12(38)10-42(9-11-7-4-3-5-8-11)41-43(39,40)20(36,37)18(31,32)16(27,28)14(23,24)13(21,22)15(25,26)17(29,30)19(33,34)35/h11H,2-10H2,1H3/q+1. The highest BCUT2D eigenvalue weighted by molar-refractivity contribution is 8.03. The van der Waals surface area contributed by atoms with Gasteiger partial charge in [-0.15, -0.1) is 0 Å². The molecule has 1 unspecified atom stereocenters. The van der Waals surface area contributed by atoms with E-state index in [2.05, 4.69) is 3.63 Å². The van der Waals surface area contributed by atoms with Crippen molar-refractivity contribution in [3.63, 3.8) is 0 Å². The number of rotatable bonds is 15. The summed E-state index contributed by atoms with van der Waals surface area (Å²) in [5.74, 6) is -55.4. The molecule has 1 aliphatic carbocycles. The highest BCUT2D eigenvalue weighted by Crippen LogP contribution is 2.64. The number of halogens is 17. The lowest BCUT2D eigenvalue weighted by atomic mass is 9.91. The molecule has 0 heterocycles. The summed E-state index contributed by atoms with van der Waals surface area (Å²) in [6, 6.07) is 0. The molecule has 1 rings (SSSR count). The largest absolute Gasteiger partial charge is 0.460 e. The first-order valence-corrected chi connectivity index (χ1v) is 14.7. The van der Waals surface area contributed by atoms with E-state index < -0.39 is 91.5 Å². The van der Waals surface area contributed by atoms with Gasteiger partial charge in [0.25, 0.3) is 0 Å². The van der Waals surface area contributed by atoms with Crippen LogP contribution < -0.4 is 0 Å². The van der Waals surface area contributed by atoms with Gasteiger partial charge in [-0.3, -0.25) is 4.79 Å². The van der Waals surface area contributed by atoms with Gasteiger partial charge in [-0.2, -0.15) is 83.1 Å². The fraction of sp³-hybridized carbons (Fsp3) is 0.950. The number of alkyl halides is 17. The van der Waals surface area contributed by atoms with E-state index in [0.29, 0.717) is 19.3 Å². The van der Waals surface area contributed by atoms with Crippen molar-refractivity contribution in [2.45, 2.75) is 98.8 Å². The first-order valence-electron chi connectivity index (χ1n) is 11.8. The van der Waals surface area contributed by atoms with E-state index in [1.54, 1.807) is 0 Å². The molecule has 0 amide bonds. The van der Waals surface area contributed by atoms with E-state index in [-0.39, 0.29) is 25.7 Å². The number of Topliss-reactive ketones (excluding diaryl/α,β-unsaturated/α-hetero) is 1. The second-order valence-corrected chi connectivity index (χ2v) is 13.0. The summed E-state index contributed by atoms with van der Waals surface area (Å²) in [6.45, 7) is 1.40. The molecular formula is C20H22F17O4S2+. The molecule has 0 spiro atoms. The van der Waals surface area contributed by atoms with Crippen molar-refractivity contribution in [3.05, 3.63) is 0 Å². The first-order chi connectivity index (χ1) is 18.9. The van der Waals surface area contributed by atoms with E-state index in [0.717, 1.165) is 0 Å². The summed E-state index contributed by atoms with van der Waals surface area (Å²) < 4.78 is 257. The summed E-state index contributed by atoms with van der Waals surface area (Å²) in [4.78, 5) is 12.0. The molecule has 0 N–H and O–H groups in total. The molecule has 43 heavy (non-hydrogen) atoms. The fourth-order valence-electron chi connectivity index (χ4n) is 3.73. The SMILES string of the molecule is CCCC(=O)C[S+](CC1CCCCC1)OS(=O)(=O)C(F)(F)C(F)(F)C(F)(F)C(F)(F)C(F)(F)C(F)(F)C(F)(F)C(F)(F)F. The molecule has 1 fully saturated rings. The van der Waals surface area contributed by atoms with E-state index in [1.165, 1.54) is 6.92 Å². The minimum absolute atomic E-state index is 0.0635. The third kappa shape index (κ3) is 6.81. The van der Waals surface area contributed by atoms with Crippen LogP contribution in [0.25, 0.3) is 0 Å². The third-order valence-corrected chi connectivity index (χ3v) is 10.0. The maximum atomic E-state index is 14.4. The molecule has 0 saturated heterocycles. The van der Waals surface area contributed by atoms with Crippen LogP contribution in [0.4, 0.5) is 74.6 Å². The summed E-state index contributed by atoms with van der Waals surface area (Å²) >= 11 is -2.68. The first kappa shape index (κ1) is 39.8. The molecule has 1 atom stereocenters. The Balaban J connectivity index is 3.59. The van der Waals surface area contributed by atoms with Gasteiger partial charge in [-0.1, -0.05) is 26.2 Å². The molecule has 0 aromatic rings. The van der Waals surface area contributed by atoms with Gasteiger partial charge in [0.05, 0.1) is 0 Å². The van der Waals surface area contributed by atoms with E-state index >= 15 is 0 Å².